The first kappa shape index (κ1) is 21.1. The summed E-state index contributed by atoms with van der Waals surface area (Å²) < 4.78 is 20.0. The van der Waals surface area contributed by atoms with E-state index in [1.807, 2.05) is 29.5 Å². The molecule has 8 nitrogen and oxygen atoms in total. The number of nitrogen functional groups attached to an aromatic ring is 1. The highest BCUT2D eigenvalue weighted by atomic mass is 127. The van der Waals surface area contributed by atoms with Gasteiger partial charge < -0.3 is 10.5 Å². The van der Waals surface area contributed by atoms with Gasteiger partial charge in [0.15, 0.2) is 5.69 Å². The highest BCUT2D eigenvalue weighted by molar-refractivity contribution is 14.1. The van der Waals surface area contributed by atoms with Gasteiger partial charge in [0.1, 0.15) is 11.6 Å². The van der Waals surface area contributed by atoms with Gasteiger partial charge in [-0.25, -0.2) is 9.18 Å². The second kappa shape index (κ2) is 9.13. The number of amides is 1. The number of benzene rings is 1. The molecule has 0 bridgehead atoms. The summed E-state index contributed by atoms with van der Waals surface area (Å²) in [4.78, 5) is 40.9. The molecule has 1 amide bonds. The van der Waals surface area contributed by atoms with E-state index in [-0.39, 0.29) is 36.8 Å². The summed E-state index contributed by atoms with van der Waals surface area (Å²) in [6, 6.07) is 3.72. The van der Waals surface area contributed by atoms with Crippen molar-refractivity contribution < 1.29 is 13.9 Å². The molecule has 0 aliphatic heterocycles. The van der Waals surface area contributed by atoms with Gasteiger partial charge >= 0.3 is 5.69 Å². The molecule has 3 N–H and O–H groups in total. The van der Waals surface area contributed by atoms with Gasteiger partial charge in [-0.05, 0) is 47.2 Å². The van der Waals surface area contributed by atoms with E-state index >= 15 is 0 Å². The van der Waals surface area contributed by atoms with Crippen LogP contribution in [0.1, 0.15) is 23.7 Å². The van der Waals surface area contributed by atoms with Crippen LogP contribution < -0.4 is 21.9 Å². The van der Waals surface area contributed by atoms with E-state index < -0.39 is 23.0 Å². The van der Waals surface area contributed by atoms with Crippen LogP contribution >= 0.6 is 22.6 Å². The number of H-pyrrole nitrogens is 1. The number of carbonyl (C=O) groups is 1. The van der Waals surface area contributed by atoms with Crippen molar-refractivity contribution >= 4 is 40.0 Å². The third-order valence-electron chi connectivity index (χ3n) is 3.86. The first-order valence-corrected chi connectivity index (χ1v) is 9.28. The van der Waals surface area contributed by atoms with Crippen molar-refractivity contribution in [2.24, 2.45) is 0 Å². The molecule has 10 heteroatoms. The lowest BCUT2D eigenvalue weighted by Gasteiger charge is -2.24. The Labute approximate surface area is 168 Å². The quantitative estimate of drug-likeness (QED) is 0.573. The molecule has 1 aromatic heterocycles. The SMILES string of the molecule is CCCn1c(N)c(N(CCOC)C(=O)c2ccc(F)cc2I)c(=O)[nH]c1=O. The van der Waals surface area contributed by atoms with Gasteiger partial charge in [-0.3, -0.25) is 24.0 Å². The molecule has 0 spiro atoms. The van der Waals surface area contributed by atoms with Crippen molar-refractivity contribution in [3.8, 4) is 0 Å². The standard InChI is InChI=1S/C17H20FIN4O4/c1-3-6-23-14(20)13(15(24)21-17(23)26)22(7-8-27-2)16(25)11-5-4-10(18)9-12(11)19/h4-5,9H,3,6-8,20H2,1-2H3,(H,21,24,26). The lowest BCUT2D eigenvalue weighted by Crippen LogP contribution is -2.42. The molecule has 0 aliphatic carbocycles. The Morgan fingerprint density at radius 2 is 2.11 bits per heavy atom. The van der Waals surface area contributed by atoms with Crippen LogP contribution in [0.2, 0.25) is 0 Å². The van der Waals surface area contributed by atoms with Crippen LogP contribution in [0.4, 0.5) is 15.9 Å². The zero-order valence-corrected chi connectivity index (χ0v) is 17.1. The molecular formula is C17H20FIN4O4. The third-order valence-corrected chi connectivity index (χ3v) is 4.75. The number of nitrogens with zero attached hydrogens (tertiary/aromatic N) is 2. The predicted octanol–water partition coefficient (Wildman–Crippen LogP) is 1.57. The molecule has 1 aromatic carbocycles. The van der Waals surface area contributed by atoms with Crippen molar-refractivity contribution in [1.82, 2.24) is 9.55 Å². The number of aromatic nitrogens is 2. The minimum absolute atomic E-state index is 0.0282. The van der Waals surface area contributed by atoms with Gasteiger partial charge in [0.05, 0.1) is 12.2 Å². The summed E-state index contributed by atoms with van der Waals surface area (Å²) in [7, 11) is 1.45. The smallest absolute Gasteiger partial charge is 0.330 e. The first-order chi connectivity index (χ1) is 12.8. The zero-order valence-electron chi connectivity index (χ0n) is 14.9. The average molecular weight is 490 g/mol. The normalized spacial score (nSPS) is 10.8. The van der Waals surface area contributed by atoms with E-state index in [1.54, 1.807) is 0 Å². The predicted molar refractivity (Wildman–Crippen MR) is 109 cm³/mol. The zero-order chi connectivity index (χ0) is 20.1. The van der Waals surface area contributed by atoms with E-state index in [2.05, 4.69) is 4.98 Å². The van der Waals surface area contributed by atoms with Gasteiger partial charge in [-0.15, -0.1) is 0 Å². The van der Waals surface area contributed by atoms with Crippen LogP contribution in [0.5, 0.6) is 0 Å². The molecule has 0 saturated heterocycles. The van der Waals surface area contributed by atoms with Crippen LogP contribution in [0.3, 0.4) is 0 Å². The Morgan fingerprint density at radius 1 is 1.41 bits per heavy atom. The molecule has 0 aliphatic rings. The number of methoxy groups -OCH3 is 1. The Bertz CT molecular complexity index is 957. The summed E-state index contributed by atoms with van der Waals surface area (Å²) in [6.07, 6.45) is 0.609. The monoisotopic (exact) mass is 490 g/mol. The Hall–Kier alpha value is -2.21. The largest absolute Gasteiger partial charge is 0.383 e. The fraction of sp³-hybridized carbons (Fsp3) is 0.353. The highest BCUT2D eigenvalue weighted by Crippen LogP contribution is 2.22. The first-order valence-electron chi connectivity index (χ1n) is 8.20. The summed E-state index contributed by atoms with van der Waals surface area (Å²) in [6.45, 7) is 2.30. The van der Waals surface area contributed by atoms with E-state index in [0.717, 1.165) is 11.0 Å². The number of hydrogen-bond acceptors (Lipinski definition) is 5. The molecule has 0 unspecified atom stereocenters. The number of halogens is 2. The van der Waals surface area contributed by atoms with Crippen LogP contribution in [0, 0.1) is 9.39 Å². The number of carbonyl (C=O) groups excluding carboxylic acids is 1. The summed E-state index contributed by atoms with van der Waals surface area (Å²) in [5, 5.41) is 0. The third kappa shape index (κ3) is 4.56. The van der Waals surface area contributed by atoms with E-state index in [0.29, 0.717) is 9.99 Å². The number of nitrogens with one attached hydrogen (secondary N) is 1. The van der Waals surface area contributed by atoms with E-state index in [4.69, 9.17) is 10.5 Å². The number of rotatable bonds is 7. The summed E-state index contributed by atoms with van der Waals surface area (Å²) in [5.74, 6) is -1.13. The maximum atomic E-state index is 13.4. The van der Waals surface area contributed by atoms with Crippen molar-refractivity contribution in [3.05, 3.63) is 54.0 Å². The van der Waals surface area contributed by atoms with E-state index in [9.17, 15) is 18.8 Å². The summed E-state index contributed by atoms with van der Waals surface area (Å²) in [5.41, 5.74) is 4.73. The van der Waals surface area contributed by atoms with Gasteiger partial charge in [-0.1, -0.05) is 6.92 Å². The molecule has 146 valence electrons. The van der Waals surface area contributed by atoms with Gasteiger partial charge in [0.2, 0.25) is 0 Å². The Morgan fingerprint density at radius 3 is 2.70 bits per heavy atom. The van der Waals surface area contributed by atoms with Crippen molar-refractivity contribution in [1.29, 1.82) is 0 Å². The lowest BCUT2D eigenvalue weighted by molar-refractivity contribution is 0.0974. The molecule has 1 heterocycles. The number of ether oxygens (including phenoxy) is 1. The fourth-order valence-electron chi connectivity index (χ4n) is 2.59. The molecule has 0 fully saturated rings. The fourth-order valence-corrected chi connectivity index (χ4v) is 3.30. The molecule has 2 aromatic rings. The highest BCUT2D eigenvalue weighted by Gasteiger charge is 2.26. The van der Waals surface area contributed by atoms with Crippen LogP contribution in [-0.2, 0) is 11.3 Å². The lowest BCUT2D eigenvalue weighted by atomic mass is 10.2. The minimum atomic E-state index is -0.772. The minimum Gasteiger partial charge on any atom is -0.383 e. The number of hydrogen-bond donors (Lipinski definition) is 2. The van der Waals surface area contributed by atoms with Crippen LogP contribution in [0.25, 0.3) is 0 Å². The molecular weight excluding hydrogens is 470 g/mol. The maximum absolute atomic E-state index is 13.4. The van der Waals surface area contributed by atoms with Gasteiger partial charge in [-0.2, -0.15) is 0 Å². The summed E-state index contributed by atoms with van der Waals surface area (Å²) >= 11 is 1.84. The molecule has 0 radical (unpaired) electrons. The van der Waals surface area contributed by atoms with Gasteiger partial charge in [0, 0.05) is 23.8 Å². The number of anilines is 2. The maximum Gasteiger partial charge on any atom is 0.330 e. The topological polar surface area (TPSA) is 110 Å². The second-order valence-electron chi connectivity index (χ2n) is 5.72. The molecule has 0 saturated carbocycles. The van der Waals surface area contributed by atoms with Crippen molar-refractivity contribution in [3.63, 3.8) is 0 Å². The van der Waals surface area contributed by atoms with Crippen LogP contribution in [-0.4, -0.2) is 35.7 Å². The van der Waals surface area contributed by atoms with E-state index in [1.165, 1.54) is 23.8 Å². The van der Waals surface area contributed by atoms with Crippen molar-refractivity contribution in [2.75, 3.05) is 30.9 Å². The average Bonchev–Trinajstić information content (AvgIpc) is 2.60. The molecule has 27 heavy (non-hydrogen) atoms. The Kier molecular flexibility index (Phi) is 7.13. The van der Waals surface area contributed by atoms with Crippen molar-refractivity contribution in [2.45, 2.75) is 19.9 Å². The van der Waals surface area contributed by atoms with Crippen LogP contribution in [0.15, 0.2) is 27.8 Å². The molecule has 2 rings (SSSR count). The van der Waals surface area contributed by atoms with Gasteiger partial charge in [0.25, 0.3) is 11.5 Å². The second-order valence-corrected chi connectivity index (χ2v) is 6.88. The Balaban J connectivity index is 2.63. The number of aromatic amines is 1. The molecule has 0 atom stereocenters. The number of nitrogens with two attached hydrogens (primary N) is 1.